The molecule has 2 aromatic carbocycles. The first-order chi connectivity index (χ1) is 13.4. The van der Waals surface area contributed by atoms with Crippen LogP contribution in [0.25, 0.3) is 17.2 Å². The van der Waals surface area contributed by atoms with E-state index in [0.717, 1.165) is 25.0 Å². The van der Waals surface area contributed by atoms with Crippen molar-refractivity contribution in [2.24, 2.45) is 0 Å². The first-order valence-corrected chi connectivity index (χ1v) is 9.58. The van der Waals surface area contributed by atoms with Gasteiger partial charge in [-0.1, -0.05) is 54.1 Å². The Kier molecular flexibility index (Phi) is 3.80. The van der Waals surface area contributed by atoms with E-state index in [0.29, 0.717) is 5.56 Å². The molecule has 0 fully saturated rings. The fourth-order valence-corrected chi connectivity index (χ4v) is 4.68. The second kappa shape index (κ2) is 6.13. The van der Waals surface area contributed by atoms with Crippen LogP contribution in [0.15, 0.2) is 54.1 Å². The highest BCUT2D eigenvalue weighted by Crippen LogP contribution is 2.45. The summed E-state index contributed by atoms with van der Waals surface area (Å²) in [5.74, 6) is 0. The zero-order chi connectivity index (χ0) is 19.5. The molecule has 0 aliphatic heterocycles. The summed E-state index contributed by atoms with van der Waals surface area (Å²) in [5, 5.41) is 0. The van der Waals surface area contributed by atoms with Gasteiger partial charge in [-0.2, -0.15) is 13.2 Å². The van der Waals surface area contributed by atoms with Gasteiger partial charge in [0, 0.05) is 35.5 Å². The molecule has 5 rings (SSSR count). The molecule has 0 saturated carbocycles. The standard InChI is InChI=1S/C24H20F3N/c1-15-10-11-21-19(12-15)23-18-8-4-2-6-16(18)13-22(23)28(21)14-17-7-3-5-9-20(17)24(25,26)27/h2-9,12H,10-11,13-14H2,1H3. The van der Waals surface area contributed by atoms with Gasteiger partial charge in [-0.25, -0.2) is 0 Å². The summed E-state index contributed by atoms with van der Waals surface area (Å²) in [4.78, 5) is 0. The highest BCUT2D eigenvalue weighted by molar-refractivity contribution is 5.86. The minimum Gasteiger partial charge on any atom is -0.343 e. The normalized spacial score (nSPS) is 15.1. The van der Waals surface area contributed by atoms with Crippen molar-refractivity contribution >= 4 is 6.08 Å². The van der Waals surface area contributed by atoms with Crippen molar-refractivity contribution in [1.29, 1.82) is 0 Å². The van der Waals surface area contributed by atoms with Crippen LogP contribution in [-0.4, -0.2) is 4.57 Å². The predicted octanol–water partition coefficient (Wildman–Crippen LogP) is 6.48. The van der Waals surface area contributed by atoms with Gasteiger partial charge in [-0.05, 0) is 42.5 Å². The van der Waals surface area contributed by atoms with E-state index in [2.05, 4.69) is 29.7 Å². The minimum atomic E-state index is -4.34. The van der Waals surface area contributed by atoms with Gasteiger partial charge in [0.15, 0.2) is 0 Å². The molecule has 0 saturated heterocycles. The monoisotopic (exact) mass is 379 g/mol. The lowest BCUT2D eigenvalue weighted by atomic mass is 9.93. The second-order valence-electron chi connectivity index (χ2n) is 7.75. The number of halogens is 3. The van der Waals surface area contributed by atoms with E-state index in [-0.39, 0.29) is 6.54 Å². The van der Waals surface area contributed by atoms with E-state index in [4.69, 9.17) is 0 Å². The maximum absolute atomic E-state index is 13.5. The van der Waals surface area contributed by atoms with Crippen molar-refractivity contribution in [1.82, 2.24) is 4.57 Å². The average Bonchev–Trinajstić information content (AvgIpc) is 3.17. The highest BCUT2D eigenvalue weighted by Gasteiger charge is 2.35. The summed E-state index contributed by atoms with van der Waals surface area (Å²) in [6.45, 7) is 2.39. The first kappa shape index (κ1) is 17.4. The van der Waals surface area contributed by atoms with Crippen LogP contribution < -0.4 is 0 Å². The molecule has 4 heteroatoms. The van der Waals surface area contributed by atoms with Gasteiger partial charge in [-0.3, -0.25) is 0 Å². The number of aromatic nitrogens is 1. The fourth-order valence-electron chi connectivity index (χ4n) is 4.68. The fraction of sp³-hybridized carbons (Fsp3) is 0.250. The van der Waals surface area contributed by atoms with Crippen LogP contribution >= 0.6 is 0 Å². The largest absolute Gasteiger partial charge is 0.416 e. The summed E-state index contributed by atoms with van der Waals surface area (Å²) in [6.07, 6.45) is 0.497. The Morgan fingerprint density at radius 1 is 0.929 bits per heavy atom. The quantitative estimate of drug-likeness (QED) is 0.376. The summed E-state index contributed by atoms with van der Waals surface area (Å²) in [7, 11) is 0. The number of allylic oxidation sites excluding steroid dienone is 1. The van der Waals surface area contributed by atoms with Gasteiger partial charge >= 0.3 is 6.18 Å². The first-order valence-electron chi connectivity index (χ1n) is 9.58. The third-order valence-electron chi connectivity index (χ3n) is 5.96. The van der Waals surface area contributed by atoms with Crippen molar-refractivity contribution in [3.63, 3.8) is 0 Å². The predicted molar refractivity (Wildman–Crippen MR) is 105 cm³/mol. The van der Waals surface area contributed by atoms with E-state index >= 15 is 0 Å². The van der Waals surface area contributed by atoms with E-state index in [1.54, 1.807) is 12.1 Å². The molecule has 142 valence electrons. The van der Waals surface area contributed by atoms with Crippen LogP contribution in [0.4, 0.5) is 13.2 Å². The Hall–Kier alpha value is -2.75. The molecular weight excluding hydrogens is 359 g/mol. The molecular formula is C24H20F3N. The van der Waals surface area contributed by atoms with Crippen molar-refractivity contribution in [2.75, 3.05) is 0 Å². The molecule has 1 heterocycles. The number of nitrogens with zero attached hydrogens (tertiary/aromatic N) is 1. The maximum Gasteiger partial charge on any atom is 0.416 e. The molecule has 0 atom stereocenters. The molecule has 2 aliphatic carbocycles. The Bertz CT molecular complexity index is 1120. The number of hydrogen-bond donors (Lipinski definition) is 0. The third-order valence-corrected chi connectivity index (χ3v) is 5.96. The molecule has 0 spiro atoms. The zero-order valence-electron chi connectivity index (χ0n) is 15.6. The minimum absolute atomic E-state index is 0.258. The van der Waals surface area contributed by atoms with Gasteiger partial charge in [-0.15, -0.1) is 0 Å². The summed E-state index contributed by atoms with van der Waals surface area (Å²) in [6, 6.07) is 14.3. The van der Waals surface area contributed by atoms with Crippen LogP contribution in [0, 0.1) is 0 Å². The molecule has 0 amide bonds. The van der Waals surface area contributed by atoms with E-state index in [9.17, 15) is 13.2 Å². The molecule has 0 radical (unpaired) electrons. The van der Waals surface area contributed by atoms with Crippen LogP contribution in [0.5, 0.6) is 0 Å². The van der Waals surface area contributed by atoms with Gasteiger partial charge in [0.25, 0.3) is 0 Å². The Labute approximate surface area is 162 Å². The lowest BCUT2D eigenvalue weighted by Crippen LogP contribution is -2.15. The smallest absolute Gasteiger partial charge is 0.343 e. The number of alkyl halides is 3. The molecule has 2 aliphatic rings. The van der Waals surface area contributed by atoms with Crippen molar-refractivity contribution in [3.8, 4) is 11.1 Å². The van der Waals surface area contributed by atoms with Crippen LogP contribution in [0.1, 0.15) is 47.0 Å². The van der Waals surface area contributed by atoms with Gasteiger partial charge in [0.2, 0.25) is 0 Å². The van der Waals surface area contributed by atoms with E-state index < -0.39 is 11.7 Å². The zero-order valence-corrected chi connectivity index (χ0v) is 15.6. The molecule has 1 aromatic heterocycles. The Morgan fingerprint density at radius 2 is 1.68 bits per heavy atom. The molecule has 3 aromatic rings. The number of rotatable bonds is 2. The maximum atomic E-state index is 13.5. The van der Waals surface area contributed by atoms with E-state index in [1.807, 2.05) is 12.1 Å². The SMILES string of the molecule is CC1=Cc2c3c(n(Cc4ccccc4C(F)(F)F)c2CC1)Cc1ccccc1-3. The Balaban J connectivity index is 1.70. The molecule has 0 N–H and O–H groups in total. The van der Waals surface area contributed by atoms with Crippen molar-refractivity contribution in [3.05, 3.63) is 87.7 Å². The molecule has 0 unspecified atom stereocenters. The Morgan fingerprint density at radius 3 is 2.50 bits per heavy atom. The van der Waals surface area contributed by atoms with Crippen LogP contribution in [0.2, 0.25) is 0 Å². The number of hydrogen-bond acceptors (Lipinski definition) is 0. The van der Waals surface area contributed by atoms with Crippen LogP contribution in [0.3, 0.4) is 0 Å². The van der Waals surface area contributed by atoms with Crippen LogP contribution in [-0.2, 0) is 25.6 Å². The highest BCUT2D eigenvalue weighted by atomic mass is 19.4. The molecule has 28 heavy (non-hydrogen) atoms. The lowest BCUT2D eigenvalue weighted by Gasteiger charge is -2.19. The lowest BCUT2D eigenvalue weighted by molar-refractivity contribution is -0.138. The summed E-state index contributed by atoms with van der Waals surface area (Å²) >= 11 is 0. The average molecular weight is 379 g/mol. The van der Waals surface area contributed by atoms with E-state index in [1.165, 1.54) is 45.7 Å². The van der Waals surface area contributed by atoms with Gasteiger partial charge < -0.3 is 4.57 Å². The van der Waals surface area contributed by atoms with Crippen molar-refractivity contribution < 1.29 is 13.2 Å². The number of fused-ring (bicyclic) bond motifs is 5. The number of benzene rings is 2. The van der Waals surface area contributed by atoms with Crippen molar-refractivity contribution in [2.45, 2.75) is 38.9 Å². The topological polar surface area (TPSA) is 4.93 Å². The van der Waals surface area contributed by atoms with Gasteiger partial charge in [0.1, 0.15) is 0 Å². The summed E-state index contributed by atoms with van der Waals surface area (Å²) in [5.41, 5.74) is 8.33. The summed E-state index contributed by atoms with van der Waals surface area (Å²) < 4.78 is 42.8. The third kappa shape index (κ3) is 2.62. The molecule has 0 bridgehead atoms. The van der Waals surface area contributed by atoms with Gasteiger partial charge in [0.05, 0.1) is 5.56 Å². The molecule has 1 nitrogen and oxygen atoms in total. The second-order valence-corrected chi connectivity index (χ2v) is 7.75.